The summed E-state index contributed by atoms with van der Waals surface area (Å²) in [5.74, 6) is -1.53. The Morgan fingerprint density at radius 1 is 0.878 bits per heavy atom. The zero-order chi connectivity index (χ0) is 29.2. The lowest BCUT2D eigenvalue weighted by Gasteiger charge is -2.10. The number of hydrogen-bond donors (Lipinski definition) is 2. The van der Waals surface area contributed by atoms with E-state index in [1.54, 1.807) is 36.4 Å². The number of ether oxygens (including phenoxy) is 1. The molecule has 2 amide bonds. The van der Waals surface area contributed by atoms with Crippen LogP contribution in [0.15, 0.2) is 113 Å². The molecule has 0 heterocycles. The Bertz CT molecular complexity index is 1650. The molecule has 0 unspecified atom stereocenters. The van der Waals surface area contributed by atoms with Crippen molar-refractivity contribution in [3.8, 4) is 5.75 Å². The molecule has 0 spiro atoms. The summed E-state index contributed by atoms with van der Waals surface area (Å²) in [6, 6.07) is 25.6. The van der Waals surface area contributed by atoms with Gasteiger partial charge in [0.1, 0.15) is 5.75 Å². The summed E-state index contributed by atoms with van der Waals surface area (Å²) >= 11 is 3.37. The van der Waals surface area contributed by atoms with E-state index in [0.717, 1.165) is 5.56 Å². The molecule has 0 radical (unpaired) electrons. The average Bonchev–Trinajstić information content (AvgIpc) is 2.98. The SMILES string of the molecule is O=C(/C=C/c1ccccc1)Oc1ccc(Br)cc1/C=N\NC(=O)c1ccccc1NC(=O)c1ccc([N+](=O)[O-])cc1. The normalized spacial score (nSPS) is 10.9. The molecule has 4 aromatic carbocycles. The highest BCUT2D eigenvalue weighted by molar-refractivity contribution is 9.10. The molecule has 0 aliphatic heterocycles. The van der Waals surface area contributed by atoms with Gasteiger partial charge in [0.15, 0.2) is 0 Å². The molecule has 0 saturated carbocycles. The van der Waals surface area contributed by atoms with Gasteiger partial charge in [0.2, 0.25) is 0 Å². The predicted octanol–water partition coefficient (Wildman–Crippen LogP) is 5.99. The summed E-state index contributed by atoms with van der Waals surface area (Å²) in [7, 11) is 0. The van der Waals surface area contributed by atoms with Crippen molar-refractivity contribution in [2.75, 3.05) is 5.32 Å². The monoisotopic (exact) mass is 612 g/mol. The van der Waals surface area contributed by atoms with E-state index in [0.29, 0.717) is 10.0 Å². The Labute approximate surface area is 242 Å². The van der Waals surface area contributed by atoms with Gasteiger partial charge >= 0.3 is 5.97 Å². The van der Waals surface area contributed by atoms with Crippen LogP contribution in [0.4, 0.5) is 11.4 Å². The van der Waals surface area contributed by atoms with Crippen LogP contribution < -0.4 is 15.5 Å². The molecule has 0 saturated heterocycles. The first-order chi connectivity index (χ1) is 19.8. The van der Waals surface area contributed by atoms with Crippen LogP contribution in [0.1, 0.15) is 31.8 Å². The number of nitrogens with one attached hydrogen (secondary N) is 2. The van der Waals surface area contributed by atoms with Crippen LogP contribution in [-0.2, 0) is 4.79 Å². The number of esters is 1. The zero-order valence-electron chi connectivity index (χ0n) is 21.2. The second-order valence-corrected chi connectivity index (χ2v) is 9.27. The lowest BCUT2D eigenvalue weighted by molar-refractivity contribution is -0.384. The minimum Gasteiger partial charge on any atom is -0.423 e. The van der Waals surface area contributed by atoms with Gasteiger partial charge in [-0.05, 0) is 54.1 Å². The number of para-hydroxylation sites is 1. The van der Waals surface area contributed by atoms with Crippen molar-refractivity contribution in [1.82, 2.24) is 5.43 Å². The van der Waals surface area contributed by atoms with Crippen molar-refractivity contribution in [3.63, 3.8) is 0 Å². The number of halogens is 1. The first-order valence-electron chi connectivity index (χ1n) is 12.0. The second-order valence-electron chi connectivity index (χ2n) is 8.35. The number of benzene rings is 4. The number of hydrazone groups is 1. The molecule has 0 atom stereocenters. The molecule has 10 nitrogen and oxygen atoms in total. The van der Waals surface area contributed by atoms with Crippen LogP contribution in [0.5, 0.6) is 5.75 Å². The first kappa shape index (κ1) is 28.6. The van der Waals surface area contributed by atoms with E-state index in [-0.39, 0.29) is 28.3 Å². The molecular formula is C30H21BrN4O6. The predicted molar refractivity (Wildman–Crippen MR) is 158 cm³/mol. The highest BCUT2D eigenvalue weighted by Gasteiger charge is 2.15. The Morgan fingerprint density at radius 2 is 1.59 bits per heavy atom. The second kappa shape index (κ2) is 13.6. The summed E-state index contributed by atoms with van der Waals surface area (Å²) in [6.07, 6.45) is 4.26. The molecule has 204 valence electrons. The molecule has 0 aliphatic rings. The third-order valence-corrected chi connectivity index (χ3v) is 6.02. The van der Waals surface area contributed by atoms with E-state index in [2.05, 4.69) is 31.8 Å². The standard InChI is InChI=1S/C30H21BrN4O6/c31-23-13-16-27(41-28(36)17-10-20-6-2-1-3-7-20)22(18-23)19-32-34-30(38)25-8-4-5-9-26(25)33-29(37)21-11-14-24(15-12-21)35(39)40/h1-19H,(H,33,37)(H,34,38)/b17-10+,32-19-. The van der Waals surface area contributed by atoms with Crippen LogP contribution in [-0.4, -0.2) is 28.9 Å². The Kier molecular flexibility index (Phi) is 9.47. The van der Waals surface area contributed by atoms with Crippen LogP contribution in [0.3, 0.4) is 0 Å². The molecule has 0 fully saturated rings. The van der Waals surface area contributed by atoms with E-state index < -0.39 is 22.7 Å². The molecule has 11 heteroatoms. The number of nitro groups is 1. The lowest BCUT2D eigenvalue weighted by Crippen LogP contribution is -2.21. The van der Waals surface area contributed by atoms with Gasteiger partial charge in [0, 0.05) is 33.8 Å². The maximum Gasteiger partial charge on any atom is 0.336 e. The van der Waals surface area contributed by atoms with Gasteiger partial charge in [-0.25, -0.2) is 10.2 Å². The van der Waals surface area contributed by atoms with Crippen molar-refractivity contribution in [2.45, 2.75) is 0 Å². The van der Waals surface area contributed by atoms with Crippen molar-refractivity contribution >= 4 is 57.4 Å². The van der Waals surface area contributed by atoms with Crippen molar-refractivity contribution in [1.29, 1.82) is 0 Å². The summed E-state index contributed by atoms with van der Waals surface area (Å²) in [4.78, 5) is 48.2. The van der Waals surface area contributed by atoms with Crippen LogP contribution >= 0.6 is 15.9 Å². The van der Waals surface area contributed by atoms with Gasteiger partial charge in [-0.1, -0.05) is 58.4 Å². The van der Waals surface area contributed by atoms with Crippen LogP contribution in [0, 0.1) is 10.1 Å². The van der Waals surface area contributed by atoms with E-state index in [9.17, 15) is 24.5 Å². The smallest absolute Gasteiger partial charge is 0.336 e. The maximum absolute atomic E-state index is 12.9. The molecule has 0 bridgehead atoms. The lowest BCUT2D eigenvalue weighted by atomic mass is 10.1. The summed E-state index contributed by atoms with van der Waals surface area (Å²) in [5, 5.41) is 17.5. The Hall–Kier alpha value is -5.42. The maximum atomic E-state index is 12.9. The zero-order valence-corrected chi connectivity index (χ0v) is 22.8. The molecule has 41 heavy (non-hydrogen) atoms. The fourth-order valence-corrected chi connectivity index (χ4v) is 3.90. The highest BCUT2D eigenvalue weighted by atomic mass is 79.9. The number of carbonyl (C=O) groups is 3. The summed E-state index contributed by atoms with van der Waals surface area (Å²) in [5.41, 5.74) is 4.04. The molecule has 0 aromatic heterocycles. The summed E-state index contributed by atoms with van der Waals surface area (Å²) in [6.45, 7) is 0. The van der Waals surface area contributed by atoms with Gasteiger partial charge in [-0.3, -0.25) is 19.7 Å². The van der Waals surface area contributed by atoms with Crippen molar-refractivity contribution in [3.05, 3.63) is 140 Å². The molecule has 2 N–H and O–H groups in total. The number of non-ortho nitro benzene ring substituents is 1. The molecule has 4 aromatic rings. The number of nitro benzene ring substituents is 1. The number of nitrogens with zero attached hydrogens (tertiary/aromatic N) is 2. The minimum absolute atomic E-state index is 0.131. The van der Waals surface area contributed by atoms with Crippen LogP contribution in [0.25, 0.3) is 6.08 Å². The molecule has 0 aliphatic carbocycles. The van der Waals surface area contributed by atoms with Gasteiger partial charge in [0.05, 0.1) is 22.4 Å². The van der Waals surface area contributed by atoms with E-state index in [4.69, 9.17) is 4.74 Å². The largest absolute Gasteiger partial charge is 0.423 e. The minimum atomic E-state index is -0.611. The van der Waals surface area contributed by atoms with Gasteiger partial charge < -0.3 is 10.1 Å². The highest BCUT2D eigenvalue weighted by Crippen LogP contribution is 2.23. The number of amides is 2. The fraction of sp³-hybridized carbons (Fsp3) is 0. The quantitative estimate of drug-likeness (QED) is 0.0594. The number of rotatable bonds is 9. The van der Waals surface area contributed by atoms with E-state index >= 15 is 0 Å². The topological polar surface area (TPSA) is 140 Å². The number of anilines is 1. The van der Waals surface area contributed by atoms with Gasteiger partial charge in [0.25, 0.3) is 17.5 Å². The molecule has 4 rings (SSSR count). The Morgan fingerprint density at radius 3 is 2.32 bits per heavy atom. The third kappa shape index (κ3) is 8.04. The fourth-order valence-electron chi connectivity index (χ4n) is 3.52. The van der Waals surface area contributed by atoms with E-state index in [1.165, 1.54) is 48.7 Å². The summed E-state index contributed by atoms with van der Waals surface area (Å²) < 4.78 is 6.15. The average molecular weight is 613 g/mol. The Balaban J connectivity index is 1.43. The van der Waals surface area contributed by atoms with Gasteiger partial charge in [-0.15, -0.1) is 0 Å². The molecular weight excluding hydrogens is 592 g/mol. The number of hydrogen-bond acceptors (Lipinski definition) is 7. The van der Waals surface area contributed by atoms with Crippen molar-refractivity contribution in [2.24, 2.45) is 5.10 Å². The van der Waals surface area contributed by atoms with Gasteiger partial charge in [-0.2, -0.15) is 5.10 Å². The third-order valence-electron chi connectivity index (χ3n) is 5.52. The first-order valence-corrected chi connectivity index (χ1v) is 12.8. The number of carbonyl (C=O) groups excluding carboxylic acids is 3. The van der Waals surface area contributed by atoms with Crippen molar-refractivity contribution < 1.29 is 24.0 Å². The van der Waals surface area contributed by atoms with E-state index in [1.807, 2.05) is 30.3 Å². The van der Waals surface area contributed by atoms with Crippen LogP contribution in [0.2, 0.25) is 0 Å².